The van der Waals surface area contributed by atoms with Gasteiger partial charge in [-0.05, 0) is 25.7 Å². The molecule has 1 aliphatic heterocycles. The third-order valence-electron chi connectivity index (χ3n) is 4.05. The van der Waals surface area contributed by atoms with Crippen molar-refractivity contribution < 1.29 is 9.32 Å². The van der Waals surface area contributed by atoms with Gasteiger partial charge in [0.1, 0.15) is 0 Å². The van der Waals surface area contributed by atoms with Crippen molar-refractivity contribution in [1.82, 2.24) is 15.0 Å². The van der Waals surface area contributed by atoms with Crippen molar-refractivity contribution >= 4 is 5.91 Å². The van der Waals surface area contributed by atoms with Gasteiger partial charge in [0.25, 0.3) is 0 Å². The molecular weight excluding hydrogens is 256 g/mol. The van der Waals surface area contributed by atoms with E-state index in [0.717, 1.165) is 38.2 Å². The van der Waals surface area contributed by atoms with Crippen LogP contribution in [0.1, 0.15) is 38.4 Å². The second kappa shape index (κ2) is 6.35. The SMILES string of the molecule is Cc1nc(CC2CCCN(C(=O)C(C)C(C)N)C2)no1. The normalized spacial score (nSPS) is 22.6. The number of hydrogen-bond donors (Lipinski definition) is 1. The summed E-state index contributed by atoms with van der Waals surface area (Å²) in [5.41, 5.74) is 5.82. The van der Waals surface area contributed by atoms with Gasteiger partial charge >= 0.3 is 0 Å². The zero-order valence-electron chi connectivity index (χ0n) is 12.5. The summed E-state index contributed by atoms with van der Waals surface area (Å²) in [6, 6.07) is -0.109. The van der Waals surface area contributed by atoms with Crippen molar-refractivity contribution in [2.24, 2.45) is 17.6 Å². The molecule has 2 N–H and O–H groups in total. The summed E-state index contributed by atoms with van der Waals surface area (Å²) >= 11 is 0. The lowest BCUT2D eigenvalue weighted by Crippen LogP contribution is -2.46. The second-order valence-electron chi connectivity index (χ2n) is 5.87. The molecule has 6 heteroatoms. The van der Waals surface area contributed by atoms with Crippen LogP contribution in [0.2, 0.25) is 0 Å². The molecule has 20 heavy (non-hydrogen) atoms. The lowest BCUT2D eigenvalue weighted by molar-refractivity contribution is -0.137. The molecule has 6 nitrogen and oxygen atoms in total. The molecule has 2 rings (SSSR count). The van der Waals surface area contributed by atoms with Crippen LogP contribution >= 0.6 is 0 Å². The average Bonchev–Trinajstić information content (AvgIpc) is 2.82. The number of hydrogen-bond acceptors (Lipinski definition) is 5. The fourth-order valence-electron chi connectivity index (χ4n) is 2.63. The molecule has 1 aliphatic rings. The van der Waals surface area contributed by atoms with E-state index < -0.39 is 0 Å². The summed E-state index contributed by atoms with van der Waals surface area (Å²) in [7, 11) is 0. The monoisotopic (exact) mass is 280 g/mol. The lowest BCUT2D eigenvalue weighted by Gasteiger charge is -2.34. The maximum atomic E-state index is 12.3. The molecule has 112 valence electrons. The summed E-state index contributed by atoms with van der Waals surface area (Å²) in [5.74, 6) is 1.77. The predicted molar refractivity (Wildman–Crippen MR) is 74.9 cm³/mol. The Kier molecular flexibility index (Phi) is 4.75. The zero-order chi connectivity index (χ0) is 14.7. The second-order valence-corrected chi connectivity index (χ2v) is 5.87. The van der Waals surface area contributed by atoms with Crippen LogP contribution in [-0.4, -0.2) is 40.1 Å². The minimum Gasteiger partial charge on any atom is -0.342 e. The van der Waals surface area contributed by atoms with Crippen LogP contribution in [0.5, 0.6) is 0 Å². The van der Waals surface area contributed by atoms with E-state index in [-0.39, 0.29) is 17.9 Å². The minimum atomic E-state index is -0.124. The van der Waals surface area contributed by atoms with E-state index in [1.807, 2.05) is 18.7 Å². The van der Waals surface area contributed by atoms with Crippen molar-refractivity contribution in [3.8, 4) is 0 Å². The number of piperidine rings is 1. The summed E-state index contributed by atoms with van der Waals surface area (Å²) in [6.45, 7) is 7.17. The largest absolute Gasteiger partial charge is 0.342 e. The highest BCUT2D eigenvalue weighted by atomic mass is 16.5. The molecule has 0 saturated carbocycles. The van der Waals surface area contributed by atoms with Gasteiger partial charge in [-0.1, -0.05) is 12.1 Å². The molecule has 1 aromatic heterocycles. The van der Waals surface area contributed by atoms with E-state index in [1.165, 1.54) is 0 Å². The van der Waals surface area contributed by atoms with E-state index in [9.17, 15) is 4.79 Å². The van der Waals surface area contributed by atoms with Crippen molar-refractivity contribution in [2.75, 3.05) is 13.1 Å². The van der Waals surface area contributed by atoms with Crippen LogP contribution in [0.25, 0.3) is 0 Å². The highest BCUT2D eigenvalue weighted by Gasteiger charge is 2.28. The lowest BCUT2D eigenvalue weighted by atomic mass is 9.93. The number of aryl methyl sites for hydroxylation is 1. The highest BCUT2D eigenvalue weighted by molar-refractivity contribution is 5.79. The predicted octanol–water partition coefficient (Wildman–Crippen LogP) is 1.14. The number of nitrogens with two attached hydrogens (primary N) is 1. The molecule has 1 fully saturated rings. The van der Waals surface area contributed by atoms with Gasteiger partial charge in [0.2, 0.25) is 11.8 Å². The van der Waals surface area contributed by atoms with Gasteiger partial charge in [-0.15, -0.1) is 0 Å². The molecule has 1 saturated heterocycles. The summed E-state index contributed by atoms with van der Waals surface area (Å²) < 4.78 is 4.99. The van der Waals surface area contributed by atoms with Crippen molar-refractivity contribution in [3.63, 3.8) is 0 Å². The molecule has 1 amide bonds. The molecule has 3 unspecified atom stereocenters. The van der Waals surface area contributed by atoms with Gasteiger partial charge in [-0.3, -0.25) is 4.79 Å². The number of carbonyl (C=O) groups is 1. The summed E-state index contributed by atoms with van der Waals surface area (Å²) in [5, 5.41) is 3.93. The standard InChI is InChI=1S/C14H24N4O2/c1-9(10(2)15)14(19)18-6-4-5-12(8-18)7-13-16-11(3)20-17-13/h9-10,12H,4-8,15H2,1-3H3. The van der Waals surface area contributed by atoms with Crippen LogP contribution < -0.4 is 5.73 Å². The first-order valence-electron chi connectivity index (χ1n) is 7.31. The number of amides is 1. The van der Waals surface area contributed by atoms with E-state index in [1.54, 1.807) is 6.92 Å². The Morgan fingerprint density at radius 1 is 1.55 bits per heavy atom. The maximum absolute atomic E-state index is 12.3. The topological polar surface area (TPSA) is 85.2 Å². The minimum absolute atomic E-state index is 0.109. The molecule has 1 aromatic rings. The van der Waals surface area contributed by atoms with Gasteiger partial charge in [0, 0.05) is 32.5 Å². The fourth-order valence-corrected chi connectivity index (χ4v) is 2.63. The smallest absolute Gasteiger partial charge is 0.226 e. The Labute approximate surface area is 119 Å². The Bertz CT molecular complexity index is 458. The summed E-state index contributed by atoms with van der Waals surface area (Å²) in [4.78, 5) is 18.5. The third-order valence-corrected chi connectivity index (χ3v) is 4.05. The van der Waals surface area contributed by atoms with Gasteiger partial charge in [-0.2, -0.15) is 4.98 Å². The van der Waals surface area contributed by atoms with E-state index in [2.05, 4.69) is 10.1 Å². The molecule has 0 bridgehead atoms. The van der Waals surface area contributed by atoms with E-state index in [4.69, 9.17) is 10.3 Å². The fraction of sp³-hybridized carbons (Fsp3) is 0.786. The number of nitrogens with zero attached hydrogens (tertiary/aromatic N) is 3. The Balaban J connectivity index is 1.93. The first kappa shape index (κ1) is 15.0. The van der Waals surface area contributed by atoms with Crippen molar-refractivity contribution in [3.05, 3.63) is 11.7 Å². The van der Waals surface area contributed by atoms with Crippen molar-refractivity contribution in [2.45, 2.75) is 46.1 Å². The van der Waals surface area contributed by atoms with Gasteiger partial charge in [-0.25, -0.2) is 0 Å². The average molecular weight is 280 g/mol. The van der Waals surface area contributed by atoms with Crippen LogP contribution in [0, 0.1) is 18.8 Å². The van der Waals surface area contributed by atoms with Gasteiger partial charge in [0.15, 0.2) is 5.82 Å². The van der Waals surface area contributed by atoms with Crippen molar-refractivity contribution in [1.29, 1.82) is 0 Å². The molecule has 0 aromatic carbocycles. The van der Waals surface area contributed by atoms with Gasteiger partial charge < -0.3 is 15.2 Å². The van der Waals surface area contributed by atoms with Crippen LogP contribution in [0.15, 0.2) is 4.52 Å². The number of rotatable bonds is 4. The van der Waals surface area contributed by atoms with Gasteiger partial charge in [0.05, 0.1) is 5.92 Å². The molecule has 3 atom stereocenters. The van der Waals surface area contributed by atoms with Crippen LogP contribution in [-0.2, 0) is 11.2 Å². The maximum Gasteiger partial charge on any atom is 0.226 e. The van der Waals surface area contributed by atoms with Crippen LogP contribution in [0.4, 0.5) is 0 Å². The number of aromatic nitrogens is 2. The molecule has 2 heterocycles. The molecule has 0 spiro atoms. The Hall–Kier alpha value is -1.43. The summed E-state index contributed by atoms with van der Waals surface area (Å²) in [6.07, 6.45) is 2.90. The highest BCUT2D eigenvalue weighted by Crippen LogP contribution is 2.21. The van der Waals surface area contributed by atoms with E-state index >= 15 is 0 Å². The van der Waals surface area contributed by atoms with Crippen LogP contribution in [0.3, 0.4) is 0 Å². The quantitative estimate of drug-likeness (QED) is 0.894. The first-order chi connectivity index (χ1) is 9.47. The first-order valence-corrected chi connectivity index (χ1v) is 7.31. The van der Waals surface area contributed by atoms with E-state index in [0.29, 0.717) is 11.8 Å². The third kappa shape index (κ3) is 3.56. The molecule has 0 aliphatic carbocycles. The number of likely N-dealkylation sites (tertiary alicyclic amines) is 1. The Morgan fingerprint density at radius 3 is 2.90 bits per heavy atom. The molecular formula is C14H24N4O2. The Morgan fingerprint density at radius 2 is 2.30 bits per heavy atom. The zero-order valence-corrected chi connectivity index (χ0v) is 12.5. The molecule has 0 radical (unpaired) electrons. The number of carbonyl (C=O) groups excluding carboxylic acids is 1.